The van der Waals surface area contributed by atoms with Crippen LogP contribution in [0.2, 0.25) is 0 Å². The fourth-order valence-electron chi connectivity index (χ4n) is 0.944. The fraction of sp³-hybridized carbons (Fsp3) is 0.889. The fourth-order valence-corrected chi connectivity index (χ4v) is 0.944. The first kappa shape index (κ1) is 12.4. The predicted molar refractivity (Wildman–Crippen MR) is 52.4 cm³/mol. The van der Waals surface area contributed by atoms with Crippen molar-refractivity contribution in [2.75, 3.05) is 33.8 Å². The Labute approximate surface area is 79.9 Å². The molecule has 0 aliphatic rings. The summed E-state index contributed by atoms with van der Waals surface area (Å²) < 4.78 is 0. The number of hydrogen-bond acceptors (Lipinski definition) is 3. The van der Waals surface area contributed by atoms with Crippen LogP contribution in [0.3, 0.4) is 0 Å². The molecule has 0 rings (SSSR count). The van der Waals surface area contributed by atoms with Gasteiger partial charge in [0.25, 0.3) is 0 Å². The molecule has 0 saturated carbocycles. The second-order valence-electron chi connectivity index (χ2n) is 3.38. The average Bonchev–Trinajstić information content (AvgIpc) is 2.05. The number of nitrogens with one attached hydrogen (secondary N) is 1. The lowest BCUT2D eigenvalue weighted by molar-refractivity contribution is -0.126. The molecule has 0 aliphatic heterocycles. The van der Waals surface area contributed by atoms with E-state index in [2.05, 4.69) is 5.32 Å². The van der Waals surface area contributed by atoms with Crippen LogP contribution in [0, 0.1) is 5.92 Å². The van der Waals surface area contributed by atoms with Gasteiger partial charge in [0, 0.05) is 13.1 Å². The highest BCUT2D eigenvalue weighted by Gasteiger charge is 2.13. The molecule has 13 heavy (non-hydrogen) atoms. The minimum atomic E-state index is -0.248. The number of aliphatic hydroxyl groups excluding tert-OH is 1. The number of aliphatic hydroxyl groups is 1. The molecule has 2 N–H and O–H groups in total. The van der Waals surface area contributed by atoms with Gasteiger partial charge in [0.2, 0.25) is 5.91 Å². The van der Waals surface area contributed by atoms with Gasteiger partial charge >= 0.3 is 0 Å². The SMILES string of the molecule is CCC(CO)C(=O)NCCN(C)C. The van der Waals surface area contributed by atoms with Gasteiger partial charge in [-0.1, -0.05) is 6.92 Å². The van der Waals surface area contributed by atoms with Crippen LogP contribution < -0.4 is 5.32 Å². The Kier molecular flexibility index (Phi) is 6.54. The van der Waals surface area contributed by atoms with Gasteiger partial charge < -0.3 is 15.3 Å². The van der Waals surface area contributed by atoms with Crippen molar-refractivity contribution >= 4 is 5.91 Å². The molecular weight excluding hydrogens is 168 g/mol. The van der Waals surface area contributed by atoms with Crippen LogP contribution in [0.25, 0.3) is 0 Å². The quantitative estimate of drug-likeness (QED) is 0.601. The van der Waals surface area contributed by atoms with Gasteiger partial charge in [-0.25, -0.2) is 0 Å². The van der Waals surface area contributed by atoms with E-state index in [-0.39, 0.29) is 18.4 Å². The van der Waals surface area contributed by atoms with Gasteiger partial charge in [-0.05, 0) is 20.5 Å². The Morgan fingerprint density at radius 3 is 2.54 bits per heavy atom. The van der Waals surface area contributed by atoms with Crippen LogP contribution in [0.5, 0.6) is 0 Å². The van der Waals surface area contributed by atoms with Crippen LogP contribution in [0.4, 0.5) is 0 Å². The maximum absolute atomic E-state index is 11.3. The first-order valence-electron chi connectivity index (χ1n) is 4.65. The monoisotopic (exact) mass is 188 g/mol. The third-order valence-electron chi connectivity index (χ3n) is 1.94. The number of carbonyl (C=O) groups is 1. The normalized spacial score (nSPS) is 13.0. The van der Waals surface area contributed by atoms with Crippen LogP contribution >= 0.6 is 0 Å². The number of hydrogen-bond donors (Lipinski definition) is 2. The summed E-state index contributed by atoms with van der Waals surface area (Å²) in [5.41, 5.74) is 0. The average molecular weight is 188 g/mol. The third kappa shape index (κ3) is 5.60. The Bertz CT molecular complexity index is 145. The summed E-state index contributed by atoms with van der Waals surface area (Å²) in [5.74, 6) is -0.297. The van der Waals surface area contributed by atoms with Crippen LogP contribution in [-0.4, -0.2) is 49.7 Å². The number of nitrogens with zero attached hydrogens (tertiary/aromatic N) is 1. The summed E-state index contributed by atoms with van der Waals surface area (Å²) in [5, 5.41) is 11.6. The van der Waals surface area contributed by atoms with Crippen molar-refractivity contribution in [3.63, 3.8) is 0 Å². The van der Waals surface area contributed by atoms with E-state index >= 15 is 0 Å². The van der Waals surface area contributed by atoms with Crippen LogP contribution in [0.1, 0.15) is 13.3 Å². The van der Waals surface area contributed by atoms with Crippen molar-refractivity contribution in [3.8, 4) is 0 Å². The summed E-state index contributed by atoms with van der Waals surface area (Å²) in [6.45, 7) is 3.30. The zero-order chi connectivity index (χ0) is 10.3. The van der Waals surface area contributed by atoms with Crippen molar-refractivity contribution in [3.05, 3.63) is 0 Å². The van der Waals surface area contributed by atoms with Crippen molar-refractivity contribution < 1.29 is 9.90 Å². The molecule has 0 spiro atoms. The molecule has 0 radical (unpaired) electrons. The number of likely N-dealkylation sites (N-methyl/N-ethyl adjacent to an activating group) is 1. The van der Waals surface area contributed by atoms with E-state index in [0.717, 1.165) is 6.54 Å². The Morgan fingerprint density at radius 1 is 1.54 bits per heavy atom. The van der Waals surface area contributed by atoms with E-state index in [1.54, 1.807) is 0 Å². The Morgan fingerprint density at radius 2 is 2.15 bits per heavy atom. The predicted octanol–water partition coefficient (Wildman–Crippen LogP) is -0.317. The topological polar surface area (TPSA) is 52.6 Å². The highest BCUT2D eigenvalue weighted by Crippen LogP contribution is 1.99. The maximum Gasteiger partial charge on any atom is 0.225 e. The molecular formula is C9H20N2O2. The van der Waals surface area contributed by atoms with E-state index < -0.39 is 0 Å². The number of rotatable bonds is 6. The molecule has 0 aliphatic carbocycles. The van der Waals surface area contributed by atoms with E-state index in [1.165, 1.54) is 0 Å². The molecule has 0 fully saturated rings. The van der Waals surface area contributed by atoms with Gasteiger partial charge in [-0.15, -0.1) is 0 Å². The molecule has 78 valence electrons. The molecule has 0 aromatic carbocycles. The molecule has 4 nitrogen and oxygen atoms in total. The minimum absolute atomic E-state index is 0.0492. The lowest BCUT2D eigenvalue weighted by atomic mass is 10.1. The van der Waals surface area contributed by atoms with Crippen molar-refractivity contribution in [2.45, 2.75) is 13.3 Å². The minimum Gasteiger partial charge on any atom is -0.396 e. The van der Waals surface area contributed by atoms with E-state index in [9.17, 15) is 4.79 Å². The standard InChI is InChI=1S/C9H20N2O2/c1-4-8(7-12)9(13)10-5-6-11(2)3/h8,12H,4-7H2,1-3H3,(H,10,13). The Hall–Kier alpha value is -0.610. The zero-order valence-corrected chi connectivity index (χ0v) is 8.71. The van der Waals surface area contributed by atoms with Crippen LogP contribution in [0.15, 0.2) is 0 Å². The second kappa shape index (κ2) is 6.86. The van der Waals surface area contributed by atoms with Gasteiger partial charge in [-0.3, -0.25) is 4.79 Å². The van der Waals surface area contributed by atoms with Crippen molar-refractivity contribution in [1.82, 2.24) is 10.2 Å². The third-order valence-corrected chi connectivity index (χ3v) is 1.94. The first-order valence-corrected chi connectivity index (χ1v) is 4.65. The van der Waals surface area contributed by atoms with Gasteiger partial charge in [0.05, 0.1) is 12.5 Å². The lowest BCUT2D eigenvalue weighted by Crippen LogP contribution is -2.36. The smallest absolute Gasteiger partial charge is 0.225 e. The highest BCUT2D eigenvalue weighted by atomic mass is 16.3. The Balaban J connectivity index is 3.60. The van der Waals surface area contributed by atoms with E-state index in [0.29, 0.717) is 13.0 Å². The molecule has 1 atom stereocenters. The summed E-state index contributed by atoms with van der Waals surface area (Å²) in [6, 6.07) is 0. The van der Waals surface area contributed by atoms with E-state index in [4.69, 9.17) is 5.11 Å². The highest BCUT2D eigenvalue weighted by molar-refractivity contribution is 5.78. The molecule has 1 amide bonds. The summed E-state index contributed by atoms with van der Waals surface area (Å²) >= 11 is 0. The summed E-state index contributed by atoms with van der Waals surface area (Å²) in [6.07, 6.45) is 0.685. The number of carbonyl (C=O) groups excluding carboxylic acids is 1. The van der Waals surface area contributed by atoms with Gasteiger partial charge in [0.1, 0.15) is 0 Å². The second-order valence-corrected chi connectivity index (χ2v) is 3.38. The molecule has 0 saturated heterocycles. The van der Waals surface area contributed by atoms with Crippen LogP contribution in [-0.2, 0) is 4.79 Å². The largest absolute Gasteiger partial charge is 0.396 e. The molecule has 1 unspecified atom stereocenters. The number of amides is 1. The first-order chi connectivity index (χ1) is 6.11. The lowest BCUT2D eigenvalue weighted by Gasteiger charge is -2.14. The van der Waals surface area contributed by atoms with Crippen molar-refractivity contribution in [2.24, 2.45) is 5.92 Å². The molecule has 0 heterocycles. The summed E-state index contributed by atoms with van der Waals surface area (Å²) in [7, 11) is 3.91. The molecule has 0 aromatic rings. The molecule has 4 heteroatoms. The zero-order valence-electron chi connectivity index (χ0n) is 8.71. The van der Waals surface area contributed by atoms with Gasteiger partial charge in [0.15, 0.2) is 0 Å². The van der Waals surface area contributed by atoms with E-state index in [1.807, 2.05) is 25.9 Å². The summed E-state index contributed by atoms with van der Waals surface area (Å²) in [4.78, 5) is 13.3. The van der Waals surface area contributed by atoms with Crippen molar-refractivity contribution in [1.29, 1.82) is 0 Å². The maximum atomic E-state index is 11.3. The molecule has 0 aromatic heterocycles. The van der Waals surface area contributed by atoms with Gasteiger partial charge in [-0.2, -0.15) is 0 Å². The molecule has 0 bridgehead atoms.